The van der Waals surface area contributed by atoms with Crippen molar-refractivity contribution in [2.45, 2.75) is 77.9 Å². The summed E-state index contributed by atoms with van der Waals surface area (Å²) >= 11 is 1.62. The van der Waals surface area contributed by atoms with Crippen LogP contribution in [0, 0.1) is 0 Å². The lowest BCUT2D eigenvalue weighted by atomic mass is 10.0. The van der Waals surface area contributed by atoms with Crippen LogP contribution in [0.4, 0.5) is 21.0 Å². The maximum atomic E-state index is 13.3. The van der Waals surface area contributed by atoms with E-state index in [9.17, 15) is 14.4 Å². The fourth-order valence-corrected chi connectivity index (χ4v) is 6.17. The largest absolute Gasteiger partial charge is 0.444 e. The summed E-state index contributed by atoms with van der Waals surface area (Å²) in [7, 11) is 0. The van der Waals surface area contributed by atoms with Gasteiger partial charge in [-0.1, -0.05) is 24.3 Å². The fourth-order valence-electron chi connectivity index (χ4n) is 5.45. The molecule has 8 nitrogen and oxygen atoms in total. The van der Waals surface area contributed by atoms with Crippen molar-refractivity contribution in [1.82, 2.24) is 4.90 Å². The molecule has 46 heavy (non-hydrogen) atoms. The van der Waals surface area contributed by atoms with Gasteiger partial charge in [0.25, 0.3) is 0 Å². The van der Waals surface area contributed by atoms with Gasteiger partial charge in [0.05, 0.1) is 0 Å². The van der Waals surface area contributed by atoms with Crippen molar-refractivity contribution in [2.24, 2.45) is 0 Å². The first-order chi connectivity index (χ1) is 21.7. The molecule has 0 radical (unpaired) electrons. The molecule has 9 heteroatoms. The SMILES string of the molecule is CC(C)(C)OC(=O)Nc1ccc(-c2cccs2)cc1CC(=O)/C=C/c1ccc(N2CCN(C(=O)OC(C)(C)C)CC2)c(C2CC2)c1. The average Bonchev–Trinajstić information content (AvgIpc) is 3.68. The van der Waals surface area contributed by atoms with E-state index in [4.69, 9.17) is 9.47 Å². The Hall–Kier alpha value is -4.11. The topological polar surface area (TPSA) is 88.2 Å². The molecule has 0 bridgehead atoms. The van der Waals surface area contributed by atoms with E-state index >= 15 is 0 Å². The number of hydrogen-bond donors (Lipinski definition) is 1. The summed E-state index contributed by atoms with van der Waals surface area (Å²) in [6.07, 6.45) is 5.14. The van der Waals surface area contributed by atoms with Gasteiger partial charge in [-0.2, -0.15) is 0 Å². The number of piperazine rings is 1. The number of benzene rings is 2. The van der Waals surface area contributed by atoms with E-state index < -0.39 is 17.3 Å². The second-order valence-corrected chi connectivity index (χ2v) is 14.9. The molecule has 2 amide bonds. The minimum Gasteiger partial charge on any atom is -0.444 e. The van der Waals surface area contributed by atoms with E-state index in [2.05, 4.69) is 28.4 Å². The minimum atomic E-state index is -0.636. The summed E-state index contributed by atoms with van der Waals surface area (Å²) in [5.74, 6) is 0.454. The number of anilines is 2. The molecule has 1 saturated heterocycles. The summed E-state index contributed by atoms with van der Waals surface area (Å²) in [6, 6.07) is 16.2. The van der Waals surface area contributed by atoms with Crippen LogP contribution >= 0.6 is 11.3 Å². The molecule has 2 aromatic carbocycles. The standard InChI is InChI=1S/C37H45N3O5S/c1-36(2,3)44-34(42)38-31-15-13-27(33-8-7-21-46-33)23-28(31)24-29(41)14-9-25-10-16-32(30(22-25)26-11-12-26)39-17-19-40(20-18-39)35(43)45-37(4,5)6/h7-10,13-16,21-23,26H,11-12,17-20,24H2,1-6H3,(H,38,42)/b14-9+. The number of ketones is 1. The van der Waals surface area contributed by atoms with Crippen molar-refractivity contribution in [1.29, 1.82) is 0 Å². The van der Waals surface area contributed by atoms with Crippen LogP contribution in [0.25, 0.3) is 16.5 Å². The molecule has 5 rings (SSSR count). The molecule has 1 saturated carbocycles. The van der Waals surface area contributed by atoms with Gasteiger partial charge < -0.3 is 19.3 Å². The third kappa shape index (κ3) is 9.22. The zero-order valence-electron chi connectivity index (χ0n) is 27.7. The van der Waals surface area contributed by atoms with Crippen LogP contribution in [0.15, 0.2) is 60.0 Å². The number of thiophene rings is 1. The summed E-state index contributed by atoms with van der Waals surface area (Å²) in [5, 5.41) is 4.85. The molecule has 1 aromatic heterocycles. The molecule has 1 N–H and O–H groups in total. The van der Waals surface area contributed by atoms with Gasteiger partial charge in [0.1, 0.15) is 11.2 Å². The summed E-state index contributed by atoms with van der Waals surface area (Å²) in [4.78, 5) is 43.6. The van der Waals surface area contributed by atoms with Crippen LogP contribution in [0.3, 0.4) is 0 Å². The lowest BCUT2D eigenvalue weighted by molar-refractivity contribution is -0.113. The first-order valence-corrected chi connectivity index (χ1v) is 16.9. The Labute approximate surface area is 276 Å². The minimum absolute atomic E-state index is 0.0640. The van der Waals surface area contributed by atoms with Crippen molar-refractivity contribution in [3.8, 4) is 10.4 Å². The lowest BCUT2D eigenvalue weighted by Gasteiger charge is -2.37. The van der Waals surface area contributed by atoms with Gasteiger partial charge >= 0.3 is 12.2 Å². The smallest absolute Gasteiger partial charge is 0.412 e. The van der Waals surface area contributed by atoms with Crippen molar-refractivity contribution >= 4 is 46.8 Å². The Bertz CT molecular complexity index is 1590. The molecule has 0 atom stereocenters. The van der Waals surface area contributed by atoms with Crippen molar-refractivity contribution in [2.75, 3.05) is 36.4 Å². The van der Waals surface area contributed by atoms with Crippen LogP contribution in [0.5, 0.6) is 0 Å². The Morgan fingerprint density at radius 1 is 0.913 bits per heavy atom. The molecule has 244 valence electrons. The van der Waals surface area contributed by atoms with Crippen LogP contribution in [0.2, 0.25) is 0 Å². The zero-order valence-corrected chi connectivity index (χ0v) is 28.5. The van der Waals surface area contributed by atoms with Crippen molar-refractivity contribution < 1.29 is 23.9 Å². The highest BCUT2D eigenvalue weighted by atomic mass is 32.1. The van der Waals surface area contributed by atoms with E-state index in [1.807, 2.05) is 83.3 Å². The number of nitrogens with one attached hydrogen (secondary N) is 1. The van der Waals surface area contributed by atoms with Gasteiger partial charge in [0.2, 0.25) is 0 Å². The molecule has 2 aliphatic rings. The number of carbonyl (C=O) groups is 3. The molecule has 0 unspecified atom stereocenters. The monoisotopic (exact) mass is 643 g/mol. The van der Waals surface area contributed by atoms with Gasteiger partial charge in [-0.3, -0.25) is 10.1 Å². The highest BCUT2D eigenvalue weighted by Crippen LogP contribution is 2.45. The van der Waals surface area contributed by atoms with Gasteiger partial charge in [-0.15, -0.1) is 11.3 Å². The normalized spacial score (nSPS) is 15.6. The van der Waals surface area contributed by atoms with Gasteiger partial charge in [0.15, 0.2) is 5.78 Å². The van der Waals surface area contributed by atoms with Gasteiger partial charge in [-0.25, -0.2) is 9.59 Å². The van der Waals surface area contributed by atoms with Crippen LogP contribution in [-0.4, -0.2) is 60.3 Å². The van der Waals surface area contributed by atoms with Gasteiger partial charge in [-0.05, 0) is 124 Å². The molecule has 2 heterocycles. The summed E-state index contributed by atoms with van der Waals surface area (Å²) in [5.41, 5.74) is 4.62. The Morgan fingerprint density at radius 3 is 2.26 bits per heavy atom. The number of rotatable bonds is 8. The molecule has 1 aliphatic carbocycles. The Morgan fingerprint density at radius 2 is 1.63 bits per heavy atom. The number of hydrogen-bond acceptors (Lipinski definition) is 7. The van der Waals surface area contributed by atoms with Gasteiger partial charge in [0, 0.05) is 48.9 Å². The molecule has 0 spiro atoms. The third-order valence-electron chi connectivity index (χ3n) is 7.71. The van der Waals surface area contributed by atoms with E-state index in [0.29, 0.717) is 24.7 Å². The van der Waals surface area contributed by atoms with Crippen LogP contribution < -0.4 is 10.2 Å². The predicted molar refractivity (Wildman–Crippen MR) is 186 cm³/mol. The molecular formula is C37H45N3O5S. The number of carbonyl (C=O) groups excluding carboxylic acids is 3. The number of amides is 2. The van der Waals surface area contributed by atoms with Crippen molar-refractivity contribution in [3.63, 3.8) is 0 Å². The fraction of sp³-hybridized carbons (Fsp3) is 0.432. The molecular weight excluding hydrogens is 598 g/mol. The van der Waals surface area contributed by atoms with Crippen LogP contribution in [0.1, 0.15) is 77.0 Å². The molecule has 3 aromatic rings. The van der Waals surface area contributed by atoms with E-state index in [1.54, 1.807) is 22.3 Å². The maximum Gasteiger partial charge on any atom is 0.412 e. The highest BCUT2D eigenvalue weighted by molar-refractivity contribution is 7.13. The zero-order chi connectivity index (χ0) is 33.1. The highest BCUT2D eigenvalue weighted by Gasteiger charge is 2.31. The van der Waals surface area contributed by atoms with E-state index in [1.165, 1.54) is 11.3 Å². The first-order valence-electron chi connectivity index (χ1n) is 16.0. The molecule has 1 aliphatic heterocycles. The number of nitrogens with zero attached hydrogens (tertiary/aromatic N) is 2. The predicted octanol–water partition coefficient (Wildman–Crippen LogP) is 8.52. The average molecular weight is 644 g/mol. The number of ether oxygens (including phenoxy) is 2. The third-order valence-corrected chi connectivity index (χ3v) is 8.63. The maximum absolute atomic E-state index is 13.3. The second kappa shape index (κ2) is 13.7. The molecule has 2 fully saturated rings. The van der Waals surface area contributed by atoms with Crippen molar-refractivity contribution in [3.05, 3.63) is 76.7 Å². The second-order valence-electron chi connectivity index (χ2n) is 14.0. The Balaban J connectivity index is 1.28. The lowest BCUT2D eigenvalue weighted by Crippen LogP contribution is -2.50. The first kappa shape index (κ1) is 33.3. The van der Waals surface area contributed by atoms with Crippen LogP contribution in [-0.2, 0) is 20.7 Å². The Kier molecular flexibility index (Phi) is 9.91. The van der Waals surface area contributed by atoms with E-state index in [-0.39, 0.29) is 18.3 Å². The number of allylic oxidation sites excluding steroid dienone is 1. The quantitative estimate of drug-likeness (QED) is 0.248. The summed E-state index contributed by atoms with van der Waals surface area (Å²) in [6.45, 7) is 13.8. The van der Waals surface area contributed by atoms with E-state index in [0.717, 1.165) is 47.5 Å². The summed E-state index contributed by atoms with van der Waals surface area (Å²) < 4.78 is 11.0.